The SMILES string of the molecule is COC1(OCCCN2CCC(C3Cc4c(ccc(O)c4O)C(CN)O3)CC2)C=CC=C(C(C)=O)C1.Cl.Cl.O.O. The second-order valence-corrected chi connectivity index (χ2v) is 9.79. The van der Waals surface area contributed by atoms with Gasteiger partial charge < -0.3 is 46.0 Å². The lowest BCUT2D eigenvalue weighted by atomic mass is 9.83. The molecule has 8 N–H and O–H groups in total. The topological polar surface area (TPSA) is 177 Å². The number of piperidine rings is 1. The standard InChI is InChI=1S/C27H38N2O6.2ClH.2H2O/c1-18(30)20-5-3-10-27(16-20,33-2)34-14-4-11-29-12-8-19(9-13-29)24-15-22-21(25(17-28)35-24)6-7-23(31)26(22)32;;;;/h3,5-7,10,19,24-25,31-32H,4,8-9,11-17,28H2,1-2H3;2*1H;2*1H2. The van der Waals surface area contributed by atoms with Crippen molar-refractivity contribution in [3.05, 3.63) is 47.1 Å². The Balaban J connectivity index is 0.00000361. The van der Waals surface area contributed by atoms with E-state index < -0.39 is 5.79 Å². The first kappa shape index (κ1) is 37.3. The van der Waals surface area contributed by atoms with Crippen LogP contribution in [0.4, 0.5) is 0 Å². The number of ether oxygens (including phenoxy) is 3. The molecule has 2 aliphatic heterocycles. The molecule has 3 unspecified atom stereocenters. The van der Waals surface area contributed by atoms with Crippen molar-refractivity contribution in [2.24, 2.45) is 11.7 Å². The van der Waals surface area contributed by atoms with Gasteiger partial charge in [-0.2, -0.15) is 0 Å². The molecule has 3 atom stereocenters. The Morgan fingerprint density at radius 1 is 1.21 bits per heavy atom. The van der Waals surface area contributed by atoms with Crippen LogP contribution in [0.25, 0.3) is 0 Å². The van der Waals surface area contributed by atoms with E-state index >= 15 is 0 Å². The average Bonchev–Trinajstić information content (AvgIpc) is 2.88. The van der Waals surface area contributed by atoms with E-state index in [-0.39, 0.29) is 65.3 Å². The van der Waals surface area contributed by atoms with Crippen LogP contribution in [0.5, 0.6) is 11.5 Å². The summed E-state index contributed by atoms with van der Waals surface area (Å²) >= 11 is 0. The number of carbonyl (C=O) groups excluding carboxylic acids is 1. The number of rotatable bonds is 9. The van der Waals surface area contributed by atoms with Crippen molar-refractivity contribution in [2.75, 3.05) is 39.9 Å². The van der Waals surface area contributed by atoms with E-state index in [1.54, 1.807) is 20.1 Å². The van der Waals surface area contributed by atoms with E-state index in [1.165, 1.54) is 6.07 Å². The number of phenols is 2. The number of phenolic OH excluding ortho intramolecular Hbond substituents is 2. The van der Waals surface area contributed by atoms with Crippen LogP contribution in [0.2, 0.25) is 0 Å². The Bertz CT molecular complexity index is 985. The number of hydrogen-bond acceptors (Lipinski definition) is 8. The first-order chi connectivity index (χ1) is 16.9. The molecule has 12 heteroatoms. The number of Topliss-reactive ketones (excluding diaryl/α,β-unsaturated/α-hetero) is 1. The van der Waals surface area contributed by atoms with Crippen molar-refractivity contribution in [1.82, 2.24) is 4.90 Å². The number of ketones is 1. The smallest absolute Gasteiger partial charge is 0.191 e. The summed E-state index contributed by atoms with van der Waals surface area (Å²) in [5.74, 6) is -0.578. The Morgan fingerprint density at radius 3 is 2.51 bits per heavy atom. The van der Waals surface area contributed by atoms with Gasteiger partial charge in [-0.15, -0.1) is 24.8 Å². The molecule has 0 saturated carbocycles. The molecule has 39 heavy (non-hydrogen) atoms. The van der Waals surface area contributed by atoms with E-state index in [2.05, 4.69) is 4.90 Å². The number of benzene rings is 1. The lowest BCUT2D eigenvalue weighted by Crippen LogP contribution is -2.42. The highest BCUT2D eigenvalue weighted by atomic mass is 35.5. The van der Waals surface area contributed by atoms with Gasteiger partial charge in [0.05, 0.1) is 18.8 Å². The second kappa shape index (κ2) is 16.5. The first-order valence-corrected chi connectivity index (χ1v) is 12.6. The van der Waals surface area contributed by atoms with E-state index in [1.807, 2.05) is 18.2 Å². The maximum absolute atomic E-state index is 11.7. The Labute approximate surface area is 242 Å². The summed E-state index contributed by atoms with van der Waals surface area (Å²) in [6, 6.07) is 3.30. The highest BCUT2D eigenvalue weighted by Crippen LogP contribution is 2.42. The molecule has 0 aromatic heterocycles. The molecule has 224 valence electrons. The first-order valence-electron chi connectivity index (χ1n) is 12.6. The van der Waals surface area contributed by atoms with Crippen molar-refractivity contribution in [1.29, 1.82) is 0 Å². The van der Waals surface area contributed by atoms with Gasteiger partial charge in [-0.1, -0.05) is 18.2 Å². The maximum Gasteiger partial charge on any atom is 0.191 e. The van der Waals surface area contributed by atoms with Crippen molar-refractivity contribution < 1.29 is 40.2 Å². The Morgan fingerprint density at radius 2 is 1.90 bits per heavy atom. The number of aromatic hydroxyl groups is 2. The van der Waals surface area contributed by atoms with Gasteiger partial charge in [-0.3, -0.25) is 4.79 Å². The molecule has 0 bridgehead atoms. The number of nitrogens with two attached hydrogens (primary N) is 1. The Kier molecular flexibility index (Phi) is 15.8. The minimum absolute atomic E-state index is 0. The van der Waals surface area contributed by atoms with Crippen molar-refractivity contribution >= 4 is 30.6 Å². The lowest BCUT2D eigenvalue weighted by Gasteiger charge is -2.40. The molecule has 4 rings (SSSR count). The van der Waals surface area contributed by atoms with Gasteiger partial charge in [0.1, 0.15) is 0 Å². The maximum atomic E-state index is 11.7. The number of hydrogen-bond donors (Lipinski definition) is 3. The Hall–Kier alpha value is -1.73. The number of nitrogens with zero attached hydrogens (tertiary/aromatic N) is 1. The minimum Gasteiger partial charge on any atom is -0.504 e. The zero-order valence-electron chi connectivity index (χ0n) is 22.6. The van der Waals surface area contributed by atoms with Gasteiger partial charge in [-0.05, 0) is 62.9 Å². The summed E-state index contributed by atoms with van der Waals surface area (Å²) in [4.78, 5) is 14.2. The molecule has 10 nitrogen and oxygen atoms in total. The fourth-order valence-corrected chi connectivity index (χ4v) is 5.47. The van der Waals surface area contributed by atoms with Crippen LogP contribution in [0.3, 0.4) is 0 Å². The number of allylic oxidation sites excluding steroid dienone is 2. The summed E-state index contributed by atoms with van der Waals surface area (Å²) in [5.41, 5.74) is 8.32. The van der Waals surface area contributed by atoms with Crippen LogP contribution in [-0.2, 0) is 25.4 Å². The zero-order valence-corrected chi connectivity index (χ0v) is 24.2. The largest absolute Gasteiger partial charge is 0.504 e. The van der Waals surface area contributed by atoms with Gasteiger partial charge in [-0.25, -0.2) is 0 Å². The number of methoxy groups -OCH3 is 1. The van der Waals surface area contributed by atoms with Crippen molar-refractivity contribution in [3.63, 3.8) is 0 Å². The zero-order chi connectivity index (χ0) is 25.0. The quantitative estimate of drug-likeness (QED) is 0.221. The summed E-state index contributed by atoms with van der Waals surface area (Å²) < 4.78 is 18.0. The van der Waals surface area contributed by atoms with E-state index in [4.69, 9.17) is 19.9 Å². The van der Waals surface area contributed by atoms with Crippen LogP contribution in [0.15, 0.2) is 35.9 Å². The van der Waals surface area contributed by atoms with Crippen LogP contribution in [0.1, 0.15) is 49.8 Å². The number of likely N-dealkylation sites (tertiary alicyclic amines) is 1. The third-order valence-electron chi connectivity index (χ3n) is 7.61. The van der Waals surface area contributed by atoms with E-state index in [9.17, 15) is 15.0 Å². The monoisotopic (exact) mass is 594 g/mol. The molecule has 1 fully saturated rings. The molecule has 0 spiro atoms. The van der Waals surface area contributed by atoms with Crippen molar-refractivity contribution in [3.8, 4) is 11.5 Å². The molecular formula is C27H44Cl2N2O8. The third-order valence-corrected chi connectivity index (χ3v) is 7.61. The van der Waals surface area contributed by atoms with Gasteiger partial charge >= 0.3 is 0 Å². The lowest BCUT2D eigenvalue weighted by molar-refractivity contribution is -0.189. The predicted octanol–water partition coefficient (Wildman–Crippen LogP) is 2.17. The summed E-state index contributed by atoms with van der Waals surface area (Å²) in [6.07, 6.45) is 9.17. The van der Waals surface area contributed by atoms with E-state index in [0.717, 1.165) is 50.0 Å². The molecule has 0 radical (unpaired) electrons. The minimum atomic E-state index is -0.864. The molecule has 2 heterocycles. The van der Waals surface area contributed by atoms with Crippen LogP contribution in [0, 0.1) is 5.92 Å². The second-order valence-electron chi connectivity index (χ2n) is 9.79. The normalized spacial score (nSPS) is 24.6. The number of fused-ring (bicyclic) bond motifs is 1. The van der Waals surface area contributed by atoms with Gasteiger partial charge in [0.25, 0.3) is 0 Å². The van der Waals surface area contributed by atoms with Crippen molar-refractivity contribution in [2.45, 2.75) is 57.0 Å². The van der Waals surface area contributed by atoms with Gasteiger partial charge in [0.2, 0.25) is 0 Å². The molecular weight excluding hydrogens is 551 g/mol. The molecule has 1 saturated heterocycles. The summed E-state index contributed by atoms with van der Waals surface area (Å²) in [7, 11) is 1.61. The molecule has 3 aliphatic rings. The summed E-state index contributed by atoms with van der Waals surface area (Å²) in [6.45, 7) is 5.34. The van der Waals surface area contributed by atoms with Crippen LogP contribution in [-0.4, -0.2) is 83.6 Å². The fraction of sp³-hybridized carbons (Fsp3) is 0.593. The number of halogens is 2. The van der Waals surface area contributed by atoms with Crippen LogP contribution >= 0.6 is 24.8 Å². The predicted molar refractivity (Wildman–Crippen MR) is 154 cm³/mol. The number of carbonyl (C=O) groups is 1. The fourth-order valence-electron chi connectivity index (χ4n) is 5.47. The molecule has 0 amide bonds. The van der Waals surface area contributed by atoms with Gasteiger partial charge in [0.15, 0.2) is 23.1 Å². The van der Waals surface area contributed by atoms with Crippen LogP contribution < -0.4 is 5.73 Å². The highest BCUT2D eigenvalue weighted by Gasteiger charge is 2.36. The van der Waals surface area contributed by atoms with E-state index in [0.29, 0.717) is 37.5 Å². The average molecular weight is 596 g/mol. The summed E-state index contributed by atoms with van der Waals surface area (Å²) in [5, 5.41) is 20.4. The third kappa shape index (κ3) is 8.63. The highest BCUT2D eigenvalue weighted by molar-refractivity contribution is 5.94. The van der Waals surface area contributed by atoms with Gasteiger partial charge in [0, 0.05) is 44.2 Å². The molecule has 1 aromatic carbocycles. The molecule has 1 aliphatic carbocycles. The molecule has 1 aromatic rings.